The fourth-order valence-electron chi connectivity index (χ4n) is 6.32. The summed E-state index contributed by atoms with van der Waals surface area (Å²) in [6.07, 6.45) is 5.60. The van der Waals surface area contributed by atoms with E-state index in [1.165, 1.54) is 12.5 Å². The Kier molecular flexibility index (Phi) is 4.60. The molecule has 2 aliphatic rings. The average Bonchev–Trinajstić information content (AvgIpc) is 2.88. The Morgan fingerprint density at radius 1 is 1.11 bits per heavy atom. The van der Waals surface area contributed by atoms with Gasteiger partial charge in [-0.1, -0.05) is 27.2 Å². The number of rotatable bonds is 2. The summed E-state index contributed by atoms with van der Waals surface area (Å²) in [5.74, 6) is 1.47. The number of aromatic hydroxyl groups is 1. The predicted octanol–water partition coefficient (Wildman–Crippen LogP) is 3.30. The summed E-state index contributed by atoms with van der Waals surface area (Å²) in [5, 5.41) is 30.9. The first-order valence-electron chi connectivity index (χ1n) is 10.4. The minimum absolute atomic E-state index is 0.0417. The van der Waals surface area contributed by atoms with E-state index in [2.05, 4.69) is 39.8 Å². The number of benzene rings is 1. The Labute approximate surface area is 167 Å². The topological polar surface area (TPSA) is 77.1 Å². The van der Waals surface area contributed by atoms with Gasteiger partial charge in [0.2, 0.25) is 0 Å². The van der Waals surface area contributed by atoms with Crippen LogP contribution in [0.4, 0.5) is 0 Å². The molecular formula is C22H32BNO4. The lowest BCUT2D eigenvalue weighted by Gasteiger charge is -2.50. The molecule has 1 heterocycles. The molecule has 3 N–H and O–H groups in total. The molecule has 1 fully saturated rings. The fraction of sp³-hybridized carbons (Fsp3) is 0.636. The lowest BCUT2D eigenvalue weighted by molar-refractivity contribution is 0.0484. The van der Waals surface area contributed by atoms with Crippen molar-refractivity contribution in [3.05, 3.63) is 23.5 Å². The molecule has 0 bridgehead atoms. The van der Waals surface area contributed by atoms with Crippen molar-refractivity contribution in [2.75, 3.05) is 14.1 Å². The van der Waals surface area contributed by atoms with Gasteiger partial charge in [-0.25, -0.2) is 0 Å². The van der Waals surface area contributed by atoms with Gasteiger partial charge in [0.25, 0.3) is 0 Å². The van der Waals surface area contributed by atoms with E-state index in [9.17, 15) is 15.2 Å². The molecule has 3 unspecified atom stereocenters. The number of furan rings is 1. The van der Waals surface area contributed by atoms with E-state index in [0.717, 1.165) is 42.4 Å². The SMILES string of the molecule is CN(C)C1CCC2C(C)(C)CCCC2(C)c2c1oc1c(B(O)O)cc(O)cc21. The van der Waals surface area contributed by atoms with Crippen LogP contribution in [-0.4, -0.2) is 41.3 Å². The van der Waals surface area contributed by atoms with Crippen molar-refractivity contribution in [3.63, 3.8) is 0 Å². The number of phenolic OH excluding ortho intramolecular Hbond substituents is 1. The van der Waals surface area contributed by atoms with Crippen LogP contribution >= 0.6 is 0 Å². The highest BCUT2D eigenvalue weighted by Crippen LogP contribution is 2.59. The summed E-state index contributed by atoms with van der Waals surface area (Å²) in [6, 6.07) is 3.27. The molecule has 0 radical (unpaired) electrons. The third-order valence-corrected chi connectivity index (χ3v) is 7.56. The molecule has 0 saturated heterocycles. The predicted molar refractivity (Wildman–Crippen MR) is 112 cm³/mol. The van der Waals surface area contributed by atoms with Gasteiger partial charge in [0.05, 0.1) is 6.04 Å². The van der Waals surface area contributed by atoms with E-state index in [0.29, 0.717) is 11.5 Å². The summed E-state index contributed by atoms with van der Waals surface area (Å²) in [6.45, 7) is 7.12. The van der Waals surface area contributed by atoms with Gasteiger partial charge in [-0.3, -0.25) is 4.90 Å². The molecule has 0 amide bonds. The highest BCUT2D eigenvalue weighted by atomic mass is 16.4. The maximum atomic E-state index is 10.3. The van der Waals surface area contributed by atoms with Crippen LogP contribution in [0.5, 0.6) is 5.75 Å². The zero-order valence-corrected chi connectivity index (χ0v) is 17.6. The first-order chi connectivity index (χ1) is 13.1. The largest absolute Gasteiger partial charge is 0.508 e. The van der Waals surface area contributed by atoms with Gasteiger partial charge in [0.1, 0.15) is 17.1 Å². The molecule has 0 aliphatic heterocycles. The second-order valence-electron chi connectivity index (χ2n) is 10.00. The highest BCUT2D eigenvalue weighted by molar-refractivity contribution is 6.61. The van der Waals surface area contributed by atoms with Crippen molar-refractivity contribution in [1.82, 2.24) is 4.90 Å². The molecule has 3 atom stereocenters. The number of fused-ring (bicyclic) bond motifs is 5. The maximum Gasteiger partial charge on any atom is 0.492 e. The molecule has 28 heavy (non-hydrogen) atoms. The van der Waals surface area contributed by atoms with E-state index in [-0.39, 0.29) is 28.1 Å². The van der Waals surface area contributed by atoms with Crippen LogP contribution in [-0.2, 0) is 5.41 Å². The average molecular weight is 385 g/mol. The van der Waals surface area contributed by atoms with Crippen molar-refractivity contribution in [3.8, 4) is 5.75 Å². The lowest BCUT2D eigenvalue weighted by atomic mass is 9.53. The number of phenols is 1. The number of hydrogen-bond acceptors (Lipinski definition) is 5. The summed E-state index contributed by atoms with van der Waals surface area (Å²) in [5.41, 5.74) is 2.05. The van der Waals surface area contributed by atoms with Gasteiger partial charge in [-0.2, -0.15) is 0 Å². The van der Waals surface area contributed by atoms with Gasteiger partial charge in [0.15, 0.2) is 0 Å². The third kappa shape index (κ3) is 2.80. The van der Waals surface area contributed by atoms with E-state index >= 15 is 0 Å². The van der Waals surface area contributed by atoms with Crippen LogP contribution in [0.15, 0.2) is 16.5 Å². The summed E-state index contributed by atoms with van der Waals surface area (Å²) < 4.78 is 6.40. The van der Waals surface area contributed by atoms with Gasteiger partial charge < -0.3 is 19.6 Å². The van der Waals surface area contributed by atoms with Crippen LogP contribution in [0, 0.1) is 11.3 Å². The Morgan fingerprint density at radius 2 is 1.82 bits per heavy atom. The Balaban J connectivity index is 2.07. The molecule has 6 heteroatoms. The minimum Gasteiger partial charge on any atom is -0.508 e. The van der Waals surface area contributed by atoms with Gasteiger partial charge in [-0.15, -0.1) is 0 Å². The molecule has 5 nitrogen and oxygen atoms in total. The minimum atomic E-state index is -1.69. The molecule has 152 valence electrons. The molecule has 2 aromatic rings. The van der Waals surface area contributed by atoms with Crippen LogP contribution in [0.1, 0.15) is 70.2 Å². The van der Waals surface area contributed by atoms with Crippen molar-refractivity contribution in [2.24, 2.45) is 11.3 Å². The van der Waals surface area contributed by atoms with E-state index < -0.39 is 7.12 Å². The summed E-state index contributed by atoms with van der Waals surface area (Å²) in [7, 11) is 2.46. The lowest BCUT2D eigenvalue weighted by Crippen LogP contribution is -2.44. The normalized spacial score (nSPS) is 29.4. The Morgan fingerprint density at radius 3 is 2.46 bits per heavy atom. The van der Waals surface area contributed by atoms with Crippen molar-refractivity contribution >= 4 is 23.6 Å². The van der Waals surface area contributed by atoms with Crippen LogP contribution in [0.2, 0.25) is 0 Å². The molecule has 4 rings (SSSR count). The zero-order valence-electron chi connectivity index (χ0n) is 17.6. The van der Waals surface area contributed by atoms with Crippen molar-refractivity contribution < 1.29 is 19.6 Å². The summed E-state index contributed by atoms with van der Waals surface area (Å²) >= 11 is 0. The fourth-order valence-corrected chi connectivity index (χ4v) is 6.32. The van der Waals surface area contributed by atoms with Crippen LogP contribution in [0.25, 0.3) is 11.0 Å². The Hall–Kier alpha value is -1.50. The summed E-state index contributed by atoms with van der Waals surface area (Å²) in [4.78, 5) is 2.20. The smallest absolute Gasteiger partial charge is 0.492 e. The van der Waals surface area contributed by atoms with Gasteiger partial charge >= 0.3 is 7.12 Å². The molecule has 1 aromatic heterocycles. The first kappa shape index (κ1) is 19.8. The molecule has 1 saturated carbocycles. The van der Waals surface area contributed by atoms with Crippen molar-refractivity contribution in [2.45, 2.75) is 64.3 Å². The molecule has 0 spiro atoms. The van der Waals surface area contributed by atoms with E-state index in [1.807, 2.05) is 0 Å². The van der Waals surface area contributed by atoms with Gasteiger partial charge in [-0.05, 0) is 68.7 Å². The van der Waals surface area contributed by atoms with Crippen LogP contribution in [0.3, 0.4) is 0 Å². The monoisotopic (exact) mass is 385 g/mol. The highest BCUT2D eigenvalue weighted by Gasteiger charge is 2.52. The molecule has 2 aliphatic carbocycles. The van der Waals surface area contributed by atoms with E-state index in [4.69, 9.17) is 4.42 Å². The quantitative estimate of drug-likeness (QED) is 0.692. The third-order valence-electron chi connectivity index (χ3n) is 7.56. The second-order valence-corrected chi connectivity index (χ2v) is 10.00. The number of nitrogens with zero attached hydrogens (tertiary/aromatic N) is 1. The zero-order chi connectivity index (χ0) is 20.4. The second kappa shape index (κ2) is 6.51. The van der Waals surface area contributed by atoms with Crippen molar-refractivity contribution in [1.29, 1.82) is 0 Å². The molecular weight excluding hydrogens is 353 g/mol. The Bertz CT molecular complexity index is 904. The molecule has 1 aromatic carbocycles. The number of hydrogen-bond donors (Lipinski definition) is 3. The van der Waals surface area contributed by atoms with E-state index in [1.54, 1.807) is 6.07 Å². The standard InChI is InChI=1S/C22H32BNO4/c1-21(2)9-6-10-22(3)17(21)8-7-16(24(4)5)20-18(22)14-11-13(25)12-15(23(26)27)19(14)28-20/h11-12,16-17,25-27H,6-10H2,1-5H3. The first-order valence-corrected chi connectivity index (χ1v) is 10.4. The van der Waals surface area contributed by atoms with Crippen LogP contribution < -0.4 is 5.46 Å². The maximum absolute atomic E-state index is 10.3. The van der Waals surface area contributed by atoms with Gasteiger partial charge in [0, 0.05) is 16.4 Å².